The molecule has 0 radical (unpaired) electrons. The molecule has 0 fully saturated rings. The molecule has 1 aromatic carbocycles. The first kappa shape index (κ1) is 14.5. The lowest BCUT2D eigenvalue weighted by molar-refractivity contribution is -0.117. The third kappa shape index (κ3) is 4.31. The molecule has 1 heterocycles. The summed E-state index contributed by atoms with van der Waals surface area (Å²) in [4.78, 5) is 15.8. The van der Waals surface area contributed by atoms with E-state index in [1.54, 1.807) is 18.5 Å². The first-order valence-corrected chi connectivity index (χ1v) is 7.08. The Hall–Kier alpha value is -1.94. The highest BCUT2D eigenvalue weighted by atomic mass is 79.9. The summed E-state index contributed by atoms with van der Waals surface area (Å²) in [6.07, 6.45) is 6.68. The molecule has 1 aromatic heterocycles. The van der Waals surface area contributed by atoms with Crippen LogP contribution in [0, 0.1) is 0 Å². The Labute approximate surface area is 126 Å². The lowest BCUT2D eigenvalue weighted by atomic mass is 10.1. The standard InChI is InChI=1S/C16H15BrN2O/c1-12(14-5-2-6-15(17)10-14)19-16(20)8-7-13-4-3-9-18-11-13/h2-12H,1H3,(H,19,20). The Morgan fingerprint density at radius 1 is 1.35 bits per heavy atom. The van der Waals surface area contributed by atoms with Gasteiger partial charge in [-0.15, -0.1) is 0 Å². The number of carbonyl (C=O) groups is 1. The van der Waals surface area contributed by atoms with Crippen molar-refractivity contribution < 1.29 is 4.79 Å². The summed E-state index contributed by atoms with van der Waals surface area (Å²) in [7, 11) is 0. The van der Waals surface area contributed by atoms with Gasteiger partial charge in [-0.1, -0.05) is 34.1 Å². The molecular weight excluding hydrogens is 316 g/mol. The fraction of sp³-hybridized carbons (Fsp3) is 0.125. The number of halogens is 1. The molecule has 0 aliphatic rings. The average Bonchev–Trinajstić information content (AvgIpc) is 2.46. The summed E-state index contributed by atoms with van der Waals surface area (Å²) in [5.41, 5.74) is 1.96. The van der Waals surface area contributed by atoms with Gasteiger partial charge in [-0.25, -0.2) is 0 Å². The summed E-state index contributed by atoms with van der Waals surface area (Å²) in [6, 6.07) is 11.6. The van der Waals surface area contributed by atoms with Gasteiger partial charge in [0.1, 0.15) is 0 Å². The van der Waals surface area contributed by atoms with Crippen molar-refractivity contribution in [2.24, 2.45) is 0 Å². The smallest absolute Gasteiger partial charge is 0.244 e. The van der Waals surface area contributed by atoms with Crippen LogP contribution in [-0.4, -0.2) is 10.9 Å². The van der Waals surface area contributed by atoms with Crippen LogP contribution in [0.15, 0.2) is 59.3 Å². The molecule has 1 atom stereocenters. The number of hydrogen-bond donors (Lipinski definition) is 1. The fourth-order valence-corrected chi connectivity index (χ4v) is 2.18. The Balaban J connectivity index is 1.96. The van der Waals surface area contributed by atoms with E-state index in [-0.39, 0.29) is 11.9 Å². The monoisotopic (exact) mass is 330 g/mol. The van der Waals surface area contributed by atoms with Gasteiger partial charge in [-0.05, 0) is 42.3 Å². The summed E-state index contributed by atoms with van der Waals surface area (Å²) in [5.74, 6) is -0.124. The molecule has 0 saturated heterocycles. The normalized spacial score (nSPS) is 12.3. The first-order valence-electron chi connectivity index (χ1n) is 6.29. The van der Waals surface area contributed by atoms with Crippen LogP contribution in [0.4, 0.5) is 0 Å². The van der Waals surface area contributed by atoms with Gasteiger partial charge in [0.2, 0.25) is 5.91 Å². The van der Waals surface area contributed by atoms with Crippen LogP contribution < -0.4 is 5.32 Å². The minimum absolute atomic E-state index is 0.0430. The minimum atomic E-state index is -0.124. The SMILES string of the molecule is CC(NC(=O)C=Cc1cccnc1)c1cccc(Br)c1. The second kappa shape index (κ2) is 7.01. The largest absolute Gasteiger partial charge is 0.346 e. The van der Waals surface area contributed by atoms with Crippen molar-refractivity contribution in [3.8, 4) is 0 Å². The van der Waals surface area contributed by atoms with Crippen molar-refractivity contribution in [2.75, 3.05) is 0 Å². The van der Waals surface area contributed by atoms with Crippen LogP contribution in [-0.2, 0) is 4.79 Å². The number of pyridine rings is 1. The van der Waals surface area contributed by atoms with E-state index in [0.717, 1.165) is 15.6 Å². The number of nitrogens with zero attached hydrogens (tertiary/aromatic N) is 1. The highest BCUT2D eigenvalue weighted by Crippen LogP contribution is 2.17. The third-order valence-corrected chi connectivity index (χ3v) is 3.31. The second-order valence-corrected chi connectivity index (χ2v) is 5.32. The third-order valence-electron chi connectivity index (χ3n) is 2.82. The van der Waals surface area contributed by atoms with Gasteiger partial charge in [0.15, 0.2) is 0 Å². The van der Waals surface area contributed by atoms with Crippen molar-refractivity contribution in [2.45, 2.75) is 13.0 Å². The van der Waals surface area contributed by atoms with Gasteiger partial charge in [-0.3, -0.25) is 9.78 Å². The number of aromatic nitrogens is 1. The van der Waals surface area contributed by atoms with Crippen molar-refractivity contribution in [1.29, 1.82) is 0 Å². The number of carbonyl (C=O) groups excluding carboxylic acids is 1. The molecular formula is C16H15BrN2O. The molecule has 102 valence electrons. The van der Waals surface area contributed by atoms with E-state index in [4.69, 9.17) is 0 Å². The molecule has 1 N–H and O–H groups in total. The van der Waals surface area contributed by atoms with Crippen molar-refractivity contribution in [3.63, 3.8) is 0 Å². The zero-order valence-corrected chi connectivity index (χ0v) is 12.7. The van der Waals surface area contributed by atoms with E-state index >= 15 is 0 Å². The van der Waals surface area contributed by atoms with Crippen LogP contribution in [0.5, 0.6) is 0 Å². The van der Waals surface area contributed by atoms with E-state index in [2.05, 4.69) is 26.2 Å². The maximum Gasteiger partial charge on any atom is 0.244 e. The summed E-state index contributed by atoms with van der Waals surface area (Å²) in [6.45, 7) is 1.96. The molecule has 0 bridgehead atoms. The van der Waals surface area contributed by atoms with Crippen molar-refractivity contribution in [3.05, 3.63) is 70.5 Å². The highest BCUT2D eigenvalue weighted by Gasteiger charge is 2.07. The summed E-state index contributed by atoms with van der Waals surface area (Å²) >= 11 is 3.42. The van der Waals surface area contributed by atoms with Crippen molar-refractivity contribution in [1.82, 2.24) is 10.3 Å². The minimum Gasteiger partial charge on any atom is -0.346 e. The molecule has 0 aliphatic carbocycles. The molecule has 2 rings (SSSR count). The second-order valence-electron chi connectivity index (χ2n) is 4.40. The van der Waals surface area contributed by atoms with Gasteiger partial charge in [0.05, 0.1) is 6.04 Å². The average molecular weight is 331 g/mol. The zero-order chi connectivity index (χ0) is 14.4. The first-order chi connectivity index (χ1) is 9.65. The number of rotatable bonds is 4. The molecule has 1 unspecified atom stereocenters. The number of nitrogens with one attached hydrogen (secondary N) is 1. The summed E-state index contributed by atoms with van der Waals surface area (Å²) < 4.78 is 1.00. The van der Waals surface area contributed by atoms with Gasteiger partial charge >= 0.3 is 0 Å². The van der Waals surface area contributed by atoms with Gasteiger partial charge in [-0.2, -0.15) is 0 Å². The quantitative estimate of drug-likeness (QED) is 0.868. The van der Waals surface area contributed by atoms with E-state index in [1.807, 2.05) is 43.3 Å². The topological polar surface area (TPSA) is 42.0 Å². The Morgan fingerprint density at radius 2 is 2.20 bits per heavy atom. The number of benzene rings is 1. The van der Waals surface area contributed by atoms with E-state index in [0.29, 0.717) is 0 Å². The van der Waals surface area contributed by atoms with Crippen molar-refractivity contribution >= 4 is 27.9 Å². The predicted molar refractivity (Wildman–Crippen MR) is 84.0 cm³/mol. The highest BCUT2D eigenvalue weighted by molar-refractivity contribution is 9.10. The Morgan fingerprint density at radius 3 is 2.90 bits per heavy atom. The van der Waals surface area contributed by atoms with E-state index in [1.165, 1.54) is 6.08 Å². The molecule has 0 saturated carbocycles. The van der Waals surface area contributed by atoms with Crippen LogP contribution in [0.2, 0.25) is 0 Å². The maximum absolute atomic E-state index is 11.9. The lowest BCUT2D eigenvalue weighted by Crippen LogP contribution is -2.24. The fourth-order valence-electron chi connectivity index (χ4n) is 1.77. The van der Waals surface area contributed by atoms with Crippen LogP contribution in [0.1, 0.15) is 24.1 Å². The molecule has 3 nitrogen and oxygen atoms in total. The van der Waals surface area contributed by atoms with Gasteiger partial charge in [0, 0.05) is 22.9 Å². The number of hydrogen-bond acceptors (Lipinski definition) is 2. The van der Waals surface area contributed by atoms with E-state index < -0.39 is 0 Å². The van der Waals surface area contributed by atoms with Crippen LogP contribution in [0.25, 0.3) is 6.08 Å². The predicted octanol–water partition coefficient (Wildman–Crippen LogP) is 3.73. The molecule has 20 heavy (non-hydrogen) atoms. The Kier molecular flexibility index (Phi) is 5.07. The van der Waals surface area contributed by atoms with Gasteiger partial charge < -0.3 is 5.32 Å². The zero-order valence-electron chi connectivity index (χ0n) is 11.1. The molecule has 2 aromatic rings. The molecule has 1 amide bonds. The van der Waals surface area contributed by atoms with E-state index in [9.17, 15) is 4.79 Å². The Bertz CT molecular complexity index is 611. The summed E-state index contributed by atoms with van der Waals surface area (Å²) in [5, 5.41) is 2.93. The number of amides is 1. The maximum atomic E-state index is 11.9. The lowest BCUT2D eigenvalue weighted by Gasteiger charge is -2.13. The molecule has 4 heteroatoms. The van der Waals surface area contributed by atoms with Crippen LogP contribution >= 0.6 is 15.9 Å². The van der Waals surface area contributed by atoms with Gasteiger partial charge in [0.25, 0.3) is 0 Å². The molecule has 0 aliphatic heterocycles. The molecule has 0 spiro atoms. The van der Waals surface area contributed by atoms with Crippen LogP contribution in [0.3, 0.4) is 0 Å².